The molecule has 0 bridgehead atoms. The first kappa shape index (κ1) is 18.2. The molecule has 0 aliphatic heterocycles. The van der Waals surface area contributed by atoms with Crippen molar-refractivity contribution in [3.8, 4) is 0 Å². The second-order valence-corrected chi connectivity index (χ2v) is 6.44. The van der Waals surface area contributed by atoms with Crippen molar-refractivity contribution in [1.29, 1.82) is 0 Å². The number of H-pyrrole nitrogens is 1. The third-order valence-electron chi connectivity index (χ3n) is 4.40. The number of hydrogen-bond donors (Lipinski definition) is 4. The van der Waals surface area contributed by atoms with Crippen LogP contribution in [-0.2, 0) is 6.54 Å². The molecular formula is C22H20N6O. The van der Waals surface area contributed by atoms with Crippen molar-refractivity contribution < 1.29 is 4.79 Å². The molecule has 0 unspecified atom stereocenters. The van der Waals surface area contributed by atoms with Gasteiger partial charge in [-0.3, -0.25) is 4.79 Å². The first-order valence-corrected chi connectivity index (χ1v) is 9.13. The number of carbonyl (C=O) groups excluding carboxylic acids is 1. The minimum atomic E-state index is -0.181. The van der Waals surface area contributed by atoms with E-state index in [1.807, 2.05) is 48.5 Å². The number of anilines is 2. The van der Waals surface area contributed by atoms with E-state index in [1.54, 1.807) is 30.6 Å². The fourth-order valence-electron chi connectivity index (χ4n) is 2.91. The van der Waals surface area contributed by atoms with Crippen LogP contribution in [0.4, 0.5) is 11.4 Å². The number of nitrogens with zero attached hydrogens (tertiary/aromatic N) is 2. The summed E-state index contributed by atoms with van der Waals surface area (Å²) in [6.45, 7) is 0.419. The Balaban J connectivity index is 1.39. The highest BCUT2D eigenvalue weighted by molar-refractivity contribution is 6.08. The monoisotopic (exact) mass is 384 g/mol. The van der Waals surface area contributed by atoms with Gasteiger partial charge in [0.2, 0.25) is 0 Å². The molecule has 7 nitrogen and oxygen atoms in total. The Morgan fingerprint density at radius 1 is 1.00 bits per heavy atom. The highest BCUT2D eigenvalue weighted by atomic mass is 16.1. The van der Waals surface area contributed by atoms with Crippen molar-refractivity contribution in [3.05, 3.63) is 90.3 Å². The lowest BCUT2D eigenvalue weighted by atomic mass is 10.1. The topological polar surface area (TPSA) is 108 Å². The van der Waals surface area contributed by atoms with Crippen molar-refractivity contribution >= 4 is 34.3 Å². The zero-order valence-electron chi connectivity index (χ0n) is 15.6. The number of guanidine groups is 1. The summed E-state index contributed by atoms with van der Waals surface area (Å²) in [6, 6.07) is 20.6. The molecule has 0 saturated heterocycles. The van der Waals surface area contributed by atoms with Crippen LogP contribution in [0.25, 0.3) is 11.0 Å². The van der Waals surface area contributed by atoms with E-state index in [9.17, 15) is 4.79 Å². The molecule has 1 amide bonds. The number of amides is 1. The van der Waals surface area contributed by atoms with E-state index in [4.69, 9.17) is 5.73 Å². The lowest BCUT2D eigenvalue weighted by Gasteiger charge is -2.07. The Bertz CT molecular complexity index is 1150. The first-order valence-electron chi connectivity index (χ1n) is 9.13. The van der Waals surface area contributed by atoms with E-state index in [1.165, 1.54) is 0 Å². The number of fused-ring (bicyclic) bond motifs is 1. The van der Waals surface area contributed by atoms with Crippen LogP contribution in [0.3, 0.4) is 0 Å². The molecule has 0 radical (unpaired) electrons. The molecule has 0 spiro atoms. The van der Waals surface area contributed by atoms with Crippen LogP contribution in [0.2, 0.25) is 0 Å². The molecule has 0 aliphatic carbocycles. The van der Waals surface area contributed by atoms with Crippen LogP contribution in [0, 0.1) is 0 Å². The average Bonchev–Trinajstić information content (AvgIpc) is 3.23. The molecule has 0 atom stereocenters. The normalized spacial score (nSPS) is 11.4. The Morgan fingerprint density at radius 3 is 2.59 bits per heavy atom. The maximum absolute atomic E-state index is 12.6. The Labute approximate surface area is 167 Å². The number of para-hydroxylation sites is 1. The van der Waals surface area contributed by atoms with Crippen molar-refractivity contribution in [3.63, 3.8) is 0 Å². The molecule has 2 aromatic carbocycles. The standard InChI is InChI=1S/C22H20N6O/c23-22(27-17-4-2-1-3-5-17)26-14-15-6-8-16(9-7-15)21(29)28-19-11-13-25-20-18(19)10-12-24-20/h1-13H,14H2,(H3,23,26,27)(H2,24,25,28,29). The number of nitrogens with two attached hydrogens (primary N) is 1. The summed E-state index contributed by atoms with van der Waals surface area (Å²) in [5, 5.41) is 6.83. The van der Waals surface area contributed by atoms with Gasteiger partial charge in [0.15, 0.2) is 5.96 Å². The predicted octanol–water partition coefficient (Wildman–Crippen LogP) is 3.74. The molecule has 2 heterocycles. The third-order valence-corrected chi connectivity index (χ3v) is 4.40. The smallest absolute Gasteiger partial charge is 0.255 e. The first-order chi connectivity index (χ1) is 14.2. The van der Waals surface area contributed by atoms with Crippen LogP contribution in [0.5, 0.6) is 0 Å². The second kappa shape index (κ2) is 8.26. The van der Waals surface area contributed by atoms with Gasteiger partial charge in [0.05, 0.1) is 12.2 Å². The Hall–Kier alpha value is -4.13. The largest absolute Gasteiger partial charge is 0.370 e. The summed E-state index contributed by atoms with van der Waals surface area (Å²) in [6.07, 6.45) is 3.45. The predicted molar refractivity (Wildman–Crippen MR) is 116 cm³/mol. The molecule has 2 aromatic heterocycles. The number of rotatable bonds is 5. The summed E-state index contributed by atoms with van der Waals surface area (Å²) in [7, 11) is 0. The van der Waals surface area contributed by atoms with Gasteiger partial charge in [0.1, 0.15) is 5.65 Å². The highest BCUT2D eigenvalue weighted by Crippen LogP contribution is 2.21. The number of hydrogen-bond acceptors (Lipinski definition) is 3. The van der Waals surface area contributed by atoms with E-state index in [-0.39, 0.29) is 5.91 Å². The minimum absolute atomic E-state index is 0.181. The van der Waals surface area contributed by atoms with Crippen LogP contribution >= 0.6 is 0 Å². The molecule has 7 heteroatoms. The molecule has 29 heavy (non-hydrogen) atoms. The number of aromatic nitrogens is 2. The number of nitrogens with one attached hydrogen (secondary N) is 3. The van der Waals surface area contributed by atoms with Gasteiger partial charge in [-0.15, -0.1) is 0 Å². The van der Waals surface area contributed by atoms with Gasteiger partial charge in [-0.1, -0.05) is 30.3 Å². The maximum Gasteiger partial charge on any atom is 0.255 e. The zero-order chi connectivity index (χ0) is 20.1. The molecule has 4 rings (SSSR count). The van der Waals surface area contributed by atoms with Gasteiger partial charge in [-0.25, -0.2) is 9.98 Å². The molecule has 0 saturated carbocycles. The van der Waals surface area contributed by atoms with E-state index in [0.717, 1.165) is 28.0 Å². The average molecular weight is 384 g/mol. The molecular weight excluding hydrogens is 364 g/mol. The lowest BCUT2D eigenvalue weighted by molar-refractivity contribution is 0.102. The molecule has 4 aromatic rings. The number of pyridine rings is 1. The van der Waals surface area contributed by atoms with Crippen LogP contribution in [0.15, 0.2) is 84.1 Å². The fraction of sp³-hybridized carbons (Fsp3) is 0.0455. The van der Waals surface area contributed by atoms with Crippen molar-refractivity contribution in [2.45, 2.75) is 6.54 Å². The Kier molecular flexibility index (Phi) is 5.20. The third kappa shape index (κ3) is 4.41. The Morgan fingerprint density at radius 2 is 1.79 bits per heavy atom. The SMILES string of the molecule is NC(=NCc1ccc(C(=O)Nc2ccnc3[nH]ccc23)cc1)Nc1ccccc1. The quantitative estimate of drug-likeness (QED) is 0.310. The van der Waals surface area contributed by atoms with Crippen molar-refractivity contribution in [1.82, 2.24) is 9.97 Å². The summed E-state index contributed by atoms with van der Waals surface area (Å²) in [5.74, 6) is 0.158. The molecule has 0 fully saturated rings. The van der Waals surface area contributed by atoms with Crippen LogP contribution < -0.4 is 16.4 Å². The van der Waals surface area contributed by atoms with E-state index < -0.39 is 0 Å². The molecule has 5 N–H and O–H groups in total. The van der Waals surface area contributed by atoms with Crippen LogP contribution in [-0.4, -0.2) is 21.8 Å². The number of aliphatic imine (C=N–C) groups is 1. The highest BCUT2D eigenvalue weighted by Gasteiger charge is 2.09. The number of aromatic amines is 1. The number of benzene rings is 2. The van der Waals surface area contributed by atoms with E-state index in [0.29, 0.717) is 18.1 Å². The zero-order valence-corrected chi connectivity index (χ0v) is 15.6. The van der Waals surface area contributed by atoms with Crippen molar-refractivity contribution in [2.75, 3.05) is 10.6 Å². The maximum atomic E-state index is 12.6. The van der Waals surface area contributed by atoms with Gasteiger partial charge in [-0.05, 0) is 42.0 Å². The molecule has 144 valence electrons. The van der Waals surface area contributed by atoms with E-state index >= 15 is 0 Å². The van der Waals surface area contributed by atoms with Crippen LogP contribution in [0.1, 0.15) is 15.9 Å². The van der Waals surface area contributed by atoms with Crippen molar-refractivity contribution in [2.24, 2.45) is 10.7 Å². The summed E-state index contributed by atoms with van der Waals surface area (Å²) in [4.78, 5) is 24.1. The van der Waals surface area contributed by atoms with E-state index in [2.05, 4.69) is 25.6 Å². The number of carbonyl (C=O) groups is 1. The van der Waals surface area contributed by atoms with Gasteiger partial charge >= 0.3 is 0 Å². The van der Waals surface area contributed by atoms with Gasteiger partial charge < -0.3 is 21.4 Å². The summed E-state index contributed by atoms with van der Waals surface area (Å²) in [5.41, 5.74) is 9.77. The molecule has 0 aliphatic rings. The minimum Gasteiger partial charge on any atom is -0.370 e. The summed E-state index contributed by atoms with van der Waals surface area (Å²) < 4.78 is 0. The van der Waals surface area contributed by atoms with Gasteiger partial charge in [-0.2, -0.15) is 0 Å². The summed E-state index contributed by atoms with van der Waals surface area (Å²) >= 11 is 0. The second-order valence-electron chi connectivity index (χ2n) is 6.44. The van der Waals surface area contributed by atoms with Gasteiger partial charge in [0, 0.05) is 29.0 Å². The lowest BCUT2D eigenvalue weighted by Crippen LogP contribution is -2.22. The fourth-order valence-corrected chi connectivity index (χ4v) is 2.91. The van der Waals surface area contributed by atoms with Gasteiger partial charge in [0.25, 0.3) is 5.91 Å².